The number of benzene rings is 1. The van der Waals surface area contributed by atoms with Gasteiger partial charge < -0.3 is 10.2 Å². The summed E-state index contributed by atoms with van der Waals surface area (Å²) in [5.74, 6) is -0.339. The Bertz CT molecular complexity index is 644. The SMILES string of the molecule is CN(C(=O)c1csc(-c2ccc(F)cc2)n1)C1CCNC1.Cl.Cl. The number of thiazole rings is 1. The van der Waals surface area contributed by atoms with Crippen LogP contribution in [0.1, 0.15) is 16.9 Å². The number of hydrogen-bond acceptors (Lipinski definition) is 4. The zero-order chi connectivity index (χ0) is 14.8. The Labute approximate surface area is 150 Å². The van der Waals surface area contributed by atoms with Gasteiger partial charge in [0.15, 0.2) is 0 Å². The molecule has 0 bridgehead atoms. The first-order valence-electron chi connectivity index (χ1n) is 6.84. The van der Waals surface area contributed by atoms with E-state index in [9.17, 15) is 9.18 Å². The smallest absolute Gasteiger partial charge is 0.273 e. The van der Waals surface area contributed by atoms with E-state index in [1.807, 2.05) is 7.05 Å². The van der Waals surface area contributed by atoms with Crippen LogP contribution in [0.25, 0.3) is 10.6 Å². The molecule has 0 saturated carbocycles. The van der Waals surface area contributed by atoms with Crippen LogP contribution in [0.5, 0.6) is 0 Å². The van der Waals surface area contributed by atoms with Gasteiger partial charge in [0, 0.05) is 30.6 Å². The largest absolute Gasteiger partial charge is 0.336 e. The Balaban J connectivity index is 0.00000132. The van der Waals surface area contributed by atoms with Gasteiger partial charge in [0.25, 0.3) is 5.91 Å². The van der Waals surface area contributed by atoms with Crippen molar-refractivity contribution in [2.45, 2.75) is 12.5 Å². The molecule has 3 rings (SSSR count). The van der Waals surface area contributed by atoms with Gasteiger partial charge in [-0.15, -0.1) is 36.2 Å². The Morgan fingerprint density at radius 2 is 2.04 bits per heavy atom. The molecule has 1 fully saturated rings. The van der Waals surface area contributed by atoms with Crippen molar-refractivity contribution in [2.75, 3.05) is 20.1 Å². The summed E-state index contributed by atoms with van der Waals surface area (Å²) >= 11 is 1.40. The molecule has 1 unspecified atom stereocenters. The highest BCUT2D eigenvalue weighted by Crippen LogP contribution is 2.24. The van der Waals surface area contributed by atoms with Gasteiger partial charge in [-0.25, -0.2) is 9.37 Å². The van der Waals surface area contributed by atoms with Crippen LogP contribution >= 0.6 is 36.2 Å². The quantitative estimate of drug-likeness (QED) is 0.892. The molecule has 1 aliphatic heterocycles. The molecule has 2 aromatic rings. The molecule has 1 N–H and O–H groups in total. The van der Waals surface area contributed by atoms with Crippen molar-refractivity contribution in [2.24, 2.45) is 0 Å². The van der Waals surface area contributed by atoms with Gasteiger partial charge in [0.1, 0.15) is 16.5 Å². The second kappa shape index (κ2) is 8.59. The molecule has 1 saturated heterocycles. The number of nitrogens with one attached hydrogen (secondary N) is 1. The second-order valence-corrected chi connectivity index (χ2v) is 5.97. The van der Waals surface area contributed by atoms with Gasteiger partial charge in [0.05, 0.1) is 0 Å². The summed E-state index contributed by atoms with van der Waals surface area (Å²) < 4.78 is 12.9. The molecule has 1 aromatic carbocycles. The predicted octanol–water partition coefficient (Wildman–Crippen LogP) is 3.23. The number of hydrogen-bond donors (Lipinski definition) is 1. The van der Waals surface area contributed by atoms with Crippen LogP contribution in [0.3, 0.4) is 0 Å². The summed E-state index contributed by atoms with van der Waals surface area (Å²) in [6.07, 6.45) is 0.969. The molecule has 2 heterocycles. The Hall–Kier alpha value is -1.21. The van der Waals surface area contributed by atoms with E-state index in [4.69, 9.17) is 0 Å². The zero-order valence-corrected chi connectivity index (χ0v) is 14.9. The van der Waals surface area contributed by atoms with Crippen molar-refractivity contribution in [1.82, 2.24) is 15.2 Å². The Morgan fingerprint density at radius 3 is 2.65 bits per heavy atom. The average Bonchev–Trinajstić information content (AvgIpc) is 3.18. The number of nitrogens with zero attached hydrogens (tertiary/aromatic N) is 2. The molecule has 1 atom stereocenters. The van der Waals surface area contributed by atoms with E-state index in [0.29, 0.717) is 5.69 Å². The van der Waals surface area contributed by atoms with Crippen molar-refractivity contribution >= 4 is 42.1 Å². The van der Waals surface area contributed by atoms with Crippen LogP contribution in [0.15, 0.2) is 29.6 Å². The molecule has 0 radical (unpaired) electrons. The van der Waals surface area contributed by atoms with E-state index in [-0.39, 0.29) is 42.6 Å². The van der Waals surface area contributed by atoms with E-state index < -0.39 is 0 Å². The lowest BCUT2D eigenvalue weighted by Gasteiger charge is -2.22. The number of halogens is 3. The third-order valence-corrected chi connectivity index (χ3v) is 4.61. The summed E-state index contributed by atoms with van der Waals surface area (Å²) in [4.78, 5) is 18.6. The molecular formula is C15H18Cl2FN3OS. The van der Waals surface area contributed by atoms with Crippen LogP contribution in [0, 0.1) is 5.82 Å². The van der Waals surface area contributed by atoms with Gasteiger partial charge in [-0.3, -0.25) is 4.79 Å². The van der Waals surface area contributed by atoms with Gasteiger partial charge in [0.2, 0.25) is 0 Å². The van der Waals surface area contributed by atoms with Crippen LogP contribution in [-0.4, -0.2) is 42.0 Å². The van der Waals surface area contributed by atoms with Crippen LogP contribution in [0.2, 0.25) is 0 Å². The van der Waals surface area contributed by atoms with Crippen molar-refractivity contribution in [1.29, 1.82) is 0 Å². The fourth-order valence-corrected chi connectivity index (χ4v) is 3.21. The summed E-state index contributed by atoms with van der Waals surface area (Å²) in [5, 5.41) is 5.75. The highest BCUT2D eigenvalue weighted by molar-refractivity contribution is 7.13. The van der Waals surface area contributed by atoms with Crippen molar-refractivity contribution < 1.29 is 9.18 Å². The Morgan fingerprint density at radius 1 is 1.35 bits per heavy atom. The lowest BCUT2D eigenvalue weighted by Crippen LogP contribution is -2.38. The van der Waals surface area contributed by atoms with Crippen LogP contribution < -0.4 is 5.32 Å². The van der Waals surface area contributed by atoms with Gasteiger partial charge in [-0.1, -0.05) is 0 Å². The van der Waals surface area contributed by atoms with E-state index in [1.165, 1.54) is 23.5 Å². The van der Waals surface area contributed by atoms with Crippen molar-refractivity contribution in [3.63, 3.8) is 0 Å². The molecule has 0 aliphatic carbocycles. The standard InChI is InChI=1S/C15H16FN3OS.2ClH/c1-19(12-6-7-17-8-12)15(20)13-9-21-14(18-13)10-2-4-11(16)5-3-10;;/h2-5,9,12,17H,6-8H2,1H3;2*1H. The molecule has 23 heavy (non-hydrogen) atoms. The minimum Gasteiger partial charge on any atom is -0.336 e. The first kappa shape index (κ1) is 19.8. The van der Waals surface area contributed by atoms with Crippen molar-refractivity contribution in [3.05, 3.63) is 41.2 Å². The minimum atomic E-state index is -0.278. The molecule has 1 aliphatic rings. The van der Waals surface area contributed by atoms with E-state index in [0.717, 1.165) is 30.1 Å². The average molecular weight is 378 g/mol. The van der Waals surface area contributed by atoms with Gasteiger partial charge >= 0.3 is 0 Å². The third-order valence-electron chi connectivity index (χ3n) is 3.72. The normalized spacial score (nSPS) is 16.3. The van der Waals surface area contributed by atoms with Crippen molar-refractivity contribution in [3.8, 4) is 10.6 Å². The topological polar surface area (TPSA) is 45.2 Å². The van der Waals surface area contributed by atoms with Gasteiger partial charge in [-0.05, 0) is 37.2 Å². The number of carbonyl (C=O) groups is 1. The predicted molar refractivity (Wildman–Crippen MR) is 95.4 cm³/mol. The van der Waals surface area contributed by atoms with Gasteiger partial charge in [-0.2, -0.15) is 0 Å². The molecule has 126 valence electrons. The zero-order valence-electron chi connectivity index (χ0n) is 12.5. The number of aromatic nitrogens is 1. The molecule has 1 aromatic heterocycles. The maximum atomic E-state index is 12.9. The number of carbonyl (C=O) groups excluding carboxylic acids is 1. The first-order valence-corrected chi connectivity index (χ1v) is 7.72. The fraction of sp³-hybridized carbons (Fsp3) is 0.333. The lowest BCUT2D eigenvalue weighted by atomic mass is 10.2. The molecule has 0 spiro atoms. The number of likely N-dealkylation sites (N-methyl/N-ethyl adjacent to an activating group) is 1. The summed E-state index contributed by atoms with van der Waals surface area (Å²) in [7, 11) is 1.82. The minimum absolute atomic E-state index is 0. The van der Waals surface area contributed by atoms with Crippen LogP contribution in [-0.2, 0) is 0 Å². The number of rotatable bonds is 3. The second-order valence-electron chi connectivity index (χ2n) is 5.11. The van der Waals surface area contributed by atoms with E-state index in [1.54, 1.807) is 22.4 Å². The maximum Gasteiger partial charge on any atom is 0.273 e. The van der Waals surface area contributed by atoms with Crippen LogP contribution in [0.4, 0.5) is 4.39 Å². The lowest BCUT2D eigenvalue weighted by molar-refractivity contribution is 0.0739. The molecular weight excluding hydrogens is 360 g/mol. The third kappa shape index (κ3) is 4.41. The van der Waals surface area contributed by atoms with E-state index in [2.05, 4.69) is 10.3 Å². The van der Waals surface area contributed by atoms with E-state index >= 15 is 0 Å². The molecule has 8 heteroatoms. The Kier molecular flexibility index (Phi) is 7.41. The highest BCUT2D eigenvalue weighted by atomic mass is 35.5. The number of amides is 1. The monoisotopic (exact) mass is 377 g/mol. The molecule has 4 nitrogen and oxygen atoms in total. The highest BCUT2D eigenvalue weighted by Gasteiger charge is 2.25. The molecule has 1 amide bonds. The fourth-order valence-electron chi connectivity index (χ4n) is 2.41. The summed E-state index contributed by atoms with van der Waals surface area (Å²) in [5.41, 5.74) is 1.28. The summed E-state index contributed by atoms with van der Waals surface area (Å²) in [6, 6.07) is 6.37. The summed E-state index contributed by atoms with van der Waals surface area (Å²) in [6.45, 7) is 1.78. The first-order chi connectivity index (χ1) is 10.1. The maximum absolute atomic E-state index is 12.9.